The van der Waals surface area contributed by atoms with Crippen molar-refractivity contribution in [1.82, 2.24) is 19.9 Å². The second kappa shape index (κ2) is 7.09. The van der Waals surface area contributed by atoms with E-state index in [4.69, 9.17) is 10.00 Å². The minimum atomic E-state index is -0.00312. The van der Waals surface area contributed by atoms with Crippen LogP contribution < -0.4 is 9.64 Å². The number of fused-ring (bicyclic) bond motifs is 3. The molecule has 2 aliphatic heterocycles. The third kappa shape index (κ3) is 3.05. The van der Waals surface area contributed by atoms with Crippen LogP contribution in [0.4, 0.5) is 5.82 Å². The molecule has 2 aromatic heterocycles. The summed E-state index contributed by atoms with van der Waals surface area (Å²) in [6.07, 6.45) is 5.46. The minimum Gasteiger partial charge on any atom is -0.479 e. The van der Waals surface area contributed by atoms with Crippen LogP contribution in [0.25, 0.3) is 11.0 Å². The smallest absolute Gasteiger partial charge is 0.254 e. The van der Waals surface area contributed by atoms with Crippen molar-refractivity contribution >= 4 is 22.8 Å². The van der Waals surface area contributed by atoms with Gasteiger partial charge in [0.05, 0.1) is 17.5 Å². The number of nitrogens with one attached hydrogen (secondary N) is 1. The molecule has 5 rings (SSSR count). The van der Waals surface area contributed by atoms with Gasteiger partial charge in [-0.3, -0.25) is 4.79 Å². The van der Waals surface area contributed by atoms with Gasteiger partial charge in [0.25, 0.3) is 5.91 Å². The van der Waals surface area contributed by atoms with Crippen LogP contribution in [0.5, 0.6) is 5.75 Å². The molecule has 2 aliphatic rings. The zero-order valence-electron chi connectivity index (χ0n) is 15.8. The number of nitrogens with zero attached hydrogens (tertiary/aromatic N) is 5. The number of carbonyl (C=O) groups excluding carboxylic acids is 1. The Labute approximate surface area is 167 Å². The Balaban J connectivity index is 1.34. The van der Waals surface area contributed by atoms with Crippen LogP contribution in [0.15, 0.2) is 42.9 Å². The Morgan fingerprint density at radius 3 is 2.66 bits per heavy atom. The predicted molar refractivity (Wildman–Crippen MR) is 107 cm³/mol. The molecule has 8 nitrogen and oxygen atoms in total. The predicted octanol–water partition coefficient (Wildman–Crippen LogP) is 2.35. The lowest BCUT2D eigenvalue weighted by molar-refractivity contribution is 0.0641. The van der Waals surface area contributed by atoms with E-state index in [0.29, 0.717) is 11.3 Å². The monoisotopic (exact) mass is 388 g/mol. The van der Waals surface area contributed by atoms with Gasteiger partial charge in [-0.15, -0.1) is 0 Å². The van der Waals surface area contributed by atoms with E-state index in [9.17, 15) is 4.79 Å². The molecule has 0 aliphatic carbocycles. The van der Waals surface area contributed by atoms with E-state index >= 15 is 0 Å². The highest BCUT2D eigenvalue weighted by molar-refractivity contribution is 5.95. The summed E-state index contributed by atoms with van der Waals surface area (Å²) in [5, 5.41) is 9.62. The normalized spacial score (nSPS) is 20.7. The molecule has 1 amide bonds. The standard InChI is InChI=1S/C21H20N6O2/c22-8-10-29-17-5-1-14(2-6-17)21(28)27-15-3-4-16(27)12-26(11-15)20-18-7-9-23-19(18)24-13-25-20/h1-2,5-7,9,13,15-16H,3-4,10-12H2,(H,23,24,25)/t15-,16-/m1/s1. The summed E-state index contributed by atoms with van der Waals surface area (Å²) in [7, 11) is 0. The minimum absolute atomic E-state index is 0.00312. The third-order valence-corrected chi connectivity index (χ3v) is 5.75. The topological polar surface area (TPSA) is 98.1 Å². The number of hydrogen-bond acceptors (Lipinski definition) is 6. The number of hydrogen-bond donors (Lipinski definition) is 1. The first-order valence-electron chi connectivity index (χ1n) is 9.70. The van der Waals surface area contributed by atoms with E-state index in [2.05, 4.69) is 19.9 Å². The zero-order chi connectivity index (χ0) is 19.8. The van der Waals surface area contributed by atoms with Crippen molar-refractivity contribution in [2.24, 2.45) is 0 Å². The maximum atomic E-state index is 13.2. The highest BCUT2D eigenvalue weighted by Crippen LogP contribution is 2.35. The van der Waals surface area contributed by atoms with Crippen molar-refractivity contribution in [3.8, 4) is 11.8 Å². The van der Waals surface area contributed by atoms with E-state index in [1.807, 2.05) is 23.2 Å². The van der Waals surface area contributed by atoms with E-state index in [1.54, 1.807) is 30.6 Å². The average molecular weight is 388 g/mol. The first kappa shape index (κ1) is 17.5. The van der Waals surface area contributed by atoms with Crippen molar-refractivity contribution in [2.45, 2.75) is 24.9 Å². The van der Waals surface area contributed by atoms with Crippen molar-refractivity contribution in [3.05, 3.63) is 48.4 Å². The molecular formula is C21H20N6O2. The fraction of sp³-hybridized carbons (Fsp3) is 0.333. The summed E-state index contributed by atoms with van der Waals surface area (Å²) in [5.41, 5.74) is 1.48. The third-order valence-electron chi connectivity index (χ3n) is 5.75. The number of carbonyl (C=O) groups is 1. The molecule has 0 unspecified atom stereocenters. The van der Waals surface area contributed by atoms with Gasteiger partial charge in [-0.25, -0.2) is 9.97 Å². The lowest BCUT2D eigenvalue weighted by atomic mass is 10.1. The van der Waals surface area contributed by atoms with Crippen molar-refractivity contribution in [2.75, 3.05) is 24.6 Å². The maximum Gasteiger partial charge on any atom is 0.254 e. The summed E-state index contributed by atoms with van der Waals surface area (Å²) in [6, 6.07) is 11.3. The summed E-state index contributed by atoms with van der Waals surface area (Å²) >= 11 is 0. The molecule has 1 N–H and O–H groups in total. The molecule has 1 aromatic carbocycles. The molecule has 2 atom stereocenters. The molecule has 3 aromatic rings. The van der Waals surface area contributed by atoms with Gasteiger partial charge in [-0.05, 0) is 43.2 Å². The van der Waals surface area contributed by atoms with Gasteiger partial charge >= 0.3 is 0 Å². The van der Waals surface area contributed by atoms with Gasteiger partial charge in [0.1, 0.15) is 29.6 Å². The number of aromatic nitrogens is 3. The second-order valence-electron chi connectivity index (χ2n) is 7.41. The Morgan fingerprint density at radius 1 is 1.17 bits per heavy atom. The highest BCUT2D eigenvalue weighted by atomic mass is 16.5. The van der Waals surface area contributed by atoms with Crippen LogP contribution in [0.2, 0.25) is 0 Å². The van der Waals surface area contributed by atoms with Crippen LogP contribution in [0, 0.1) is 11.3 Å². The number of aromatic amines is 1. The molecule has 2 saturated heterocycles. The van der Waals surface area contributed by atoms with E-state index in [1.165, 1.54) is 0 Å². The van der Waals surface area contributed by atoms with Gasteiger partial charge in [-0.1, -0.05) is 0 Å². The number of rotatable bonds is 4. The van der Waals surface area contributed by atoms with Crippen LogP contribution in [-0.2, 0) is 0 Å². The largest absolute Gasteiger partial charge is 0.479 e. The number of benzene rings is 1. The maximum absolute atomic E-state index is 13.2. The molecule has 0 spiro atoms. The Kier molecular flexibility index (Phi) is 4.28. The quantitative estimate of drug-likeness (QED) is 0.737. The first-order valence-corrected chi connectivity index (χ1v) is 9.70. The molecule has 8 heteroatoms. The fourth-order valence-electron chi connectivity index (χ4n) is 4.48. The van der Waals surface area contributed by atoms with Gasteiger partial charge < -0.3 is 19.5 Å². The summed E-state index contributed by atoms with van der Waals surface area (Å²) in [5.74, 6) is 1.58. The average Bonchev–Trinajstić information content (AvgIpc) is 3.34. The van der Waals surface area contributed by atoms with E-state index < -0.39 is 0 Å². The number of nitriles is 1. The van der Waals surface area contributed by atoms with Crippen LogP contribution in [0.1, 0.15) is 23.2 Å². The van der Waals surface area contributed by atoms with Gasteiger partial charge in [0.15, 0.2) is 6.61 Å². The lowest BCUT2D eigenvalue weighted by Crippen LogP contribution is -2.56. The first-order chi connectivity index (χ1) is 14.2. The highest BCUT2D eigenvalue weighted by Gasteiger charge is 2.43. The van der Waals surface area contributed by atoms with Crippen molar-refractivity contribution in [3.63, 3.8) is 0 Å². The molecule has 2 fully saturated rings. The SMILES string of the molecule is N#CCOc1ccc(C(=O)N2[C@@H]3CC[C@@H]2CN(c2ncnc4[nH]ccc24)C3)cc1. The Bertz CT molecular complexity index is 1070. The molecule has 0 saturated carbocycles. The molecule has 4 heterocycles. The Morgan fingerprint density at radius 2 is 1.93 bits per heavy atom. The zero-order valence-corrected chi connectivity index (χ0v) is 15.8. The van der Waals surface area contributed by atoms with Crippen molar-refractivity contribution in [1.29, 1.82) is 5.26 Å². The van der Waals surface area contributed by atoms with Crippen molar-refractivity contribution < 1.29 is 9.53 Å². The van der Waals surface area contributed by atoms with Crippen LogP contribution in [0.3, 0.4) is 0 Å². The van der Waals surface area contributed by atoms with Crippen LogP contribution in [-0.4, -0.2) is 57.5 Å². The lowest BCUT2D eigenvalue weighted by Gasteiger charge is -2.41. The second-order valence-corrected chi connectivity index (χ2v) is 7.41. The number of anilines is 1. The molecule has 146 valence electrons. The summed E-state index contributed by atoms with van der Waals surface area (Å²) < 4.78 is 5.27. The van der Waals surface area contributed by atoms with Crippen LogP contribution >= 0.6 is 0 Å². The number of amides is 1. The molecule has 29 heavy (non-hydrogen) atoms. The molecule has 2 bridgehead atoms. The Hall–Kier alpha value is -3.60. The number of H-pyrrole nitrogens is 1. The molecular weight excluding hydrogens is 368 g/mol. The fourth-order valence-corrected chi connectivity index (χ4v) is 4.48. The van der Waals surface area contributed by atoms with E-state index in [0.717, 1.165) is 42.8 Å². The number of piperazine rings is 1. The summed E-state index contributed by atoms with van der Waals surface area (Å²) in [6.45, 7) is 1.53. The van der Waals surface area contributed by atoms with Gasteiger partial charge in [0, 0.05) is 24.8 Å². The number of ether oxygens (including phenoxy) is 1. The van der Waals surface area contributed by atoms with Gasteiger partial charge in [-0.2, -0.15) is 5.26 Å². The van der Waals surface area contributed by atoms with E-state index in [-0.39, 0.29) is 24.6 Å². The summed E-state index contributed by atoms with van der Waals surface area (Å²) in [4.78, 5) is 29.4. The molecule has 0 radical (unpaired) electrons. The van der Waals surface area contributed by atoms with Gasteiger partial charge in [0.2, 0.25) is 0 Å².